The van der Waals surface area contributed by atoms with E-state index in [1.807, 2.05) is 25.1 Å². The van der Waals surface area contributed by atoms with E-state index in [9.17, 15) is 9.59 Å². The second-order valence-corrected chi connectivity index (χ2v) is 6.15. The fourth-order valence-electron chi connectivity index (χ4n) is 3.06. The van der Waals surface area contributed by atoms with E-state index in [1.54, 1.807) is 19.3 Å². The molecule has 6 nitrogen and oxygen atoms in total. The van der Waals surface area contributed by atoms with E-state index >= 15 is 0 Å². The van der Waals surface area contributed by atoms with Gasteiger partial charge in [0.25, 0.3) is 11.5 Å². The molecule has 1 fully saturated rings. The van der Waals surface area contributed by atoms with Crippen molar-refractivity contribution in [3.05, 3.63) is 51.9 Å². The first-order valence-corrected chi connectivity index (χ1v) is 8.26. The Hall–Kier alpha value is -2.63. The van der Waals surface area contributed by atoms with Crippen LogP contribution in [0.2, 0.25) is 0 Å². The number of rotatable bonds is 3. The highest BCUT2D eigenvalue weighted by Gasteiger charge is 2.21. The summed E-state index contributed by atoms with van der Waals surface area (Å²) in [5.74, 6) is -0.221. The zero-order chi connectivity index (χ0) is 17.1. The highest BCUT2D eigenvalue weighted by atomic mass is 16.2. The summed E-state index contributed by atoms with van der Waals surface area (Å²) in [6.07, 6.45) is 4.83. The molecule has 2 aromatic rings. The second-order valence-electron chi connectivity index (χ2n) is 6.15. The first-order valence-electron chi connectivity index (χ1n) is 8.26. The van der Waals surface area contributed by atoms with E-state index in [-0.39, 0.29) is 11.5 Å². The number of aryl methyl sites for hydroxylation is 2. The zero-order valence-electron chi connectivity index (χ0n) is 14.1. The van der Waals surface area contributed by atoms with E-state index in [0.29, 0.717) is 16.9 Å². The van der Waals surface area contributed by atoms with Crippen LogP contribution in [0.5, 0.6) is 0 Å². The molecule has 0 atom stereocenters. The van der Waals surface area contributed by atoms with Crippen LogP contribution in [0.1, 0.15) is 35.2 Å². The van der Waals surface area contributed by atoms with E-state index in [4.69, 9.17) is 0 Å². The van der Waals surface area contributed by atoms with Crippen molar-refractivity contribution in [3.8, 4) is 0 Å². The summed E-state index contributed by atoms with van der Waals surface area (Å²) < 4.78 is 1.31. The van der Waals surface area contributed by atoms with E-state index in [2.05, 4.69) is 15.3 Å². The average Bonchev–Trinajstić information content (AvgIpc) is 2.59. The molecular formula is C18H22N4O2. The number of nitrogens with one attached hydrogen (secondary N) is 1. The molecule has 2 heterocycles. The lowest BCUT2D eigenvalue weighted by atomic mass is 10.1. The molecule has 0 unspecified atom stereocenters. The van der Waals surface area contributed by atoms with Crippen molar-refractivity contribution in [2.75, 3.05) is 23.3 Å². The highest BCUT2D eigenvalue weighted by Crippen LogP contribution is 2.24. The maximum absolute atomic E-state index is 12.6. The summed E-state index contributed by atoms with van der Waals surface area (Å²) in [6, 6.07) is 7.39. The summed E-state index contributed by atoms with van der Waals surface area (Å²) in [4.78, 5) is 27.2. The van der Waals surface area contributed by atoms with Crippen molar-refractivity contribution in [1.29, 1.82) is 0 Å². The van der Waals surface area contributed by atoms with Crippen LogP contribution in [-0.2, 0) is 7.05 Å². The van der Waals surface area contributed by atoms with Gasteiger partial charge in [-0.1, -0.05) is 18.2 Å². The first-order chi connectivity index (χ1) is 11.6. The monoisotopic (exact) mass is 326 g/mol. The Balaban J connectivity index is 1.96. The summed E-state index contributed by atoms with van der Waals surface area (Å²) in [7, 11) is 1.63. The maximum Gasteiger partial charge on any atom is 0.292 e. The summed E-state index contributed by atoms with van der Waals surface area (Å²) >= 11 is 0. The van der Waals surface area contributed by atoms with Crippen molar-refractivity contribution in [2.24, 2.45) is 7.05 Å². The molecule has 0 spiro atoms. The minimum atomic E-state index is -0.221. The molecule has 0 bridgehead atoms. The molecule has 1 aliphatic rings. The van der Waals surface area contributed by atoms with Crippen LogP contribution in [0.25, 0.3) is 0 Å². The second kappa shape index (κ2) is 6.86. The predicted octanol–water partition coefficient (Wildman–Crippen LogP) is 2.33. The van der Waals surface area contributed by atoms with Gasteiger partial charge in [0.1, 0.15) is 5.69 Å². The Morgan fingerprint density at radius 3 is 2.58 bits per heavy atom. The standard InChI is InChI=1S/C18H22N4O2/c1-13-8-4-5-9-14(13)17(23)20-15-12-19-21(2)18(24)16(15)22-10-6-3-7-11-22/h4-5,8-9,12H,3,6-7,10-11H2,1-2H3,(H,20,23). The molecule has 0 aliphatic carbocycles. The number of carbonyl (C=O) groups excluding carboxylic acids is 1. The lowest BCUT2D eigenvalue weighted by molar-refractivity contribution is 0.102. The van der Waals surface area contributed by atoms with Gasteiger partial charge in [0.05, 0.1) is 11.9 Å². The van der Waals surface area contributed by atoms with Crippen LogP contribution < -0.4 is 15.8 Å². The van der Waals surface area contributed by atoms with Crippen LogP contribution in [0.4, 0.5) is 11.4 Å². The number of piperidine rings is 1. The van der Waals surface area contributed by atoms with Gasteiger partial charge in [-0.05, 0) is 37.8 Å². The molecule has 1 aromatic carbocycles. The number of nitrogens with zero attached hydrogens (tertiary/aromatic N) is 3. The van der Waals surface area contributed by atoms with Gasteiger partial charge >= 0.3 is 0 Å². The number of hydrogen-bond acceptors (Lipinski definition) is 4. The summed E-state index contributed by atoms with van der Waals surface area (Å²) in [6.45, 7) is 3.54. The molecular weight excluding hydrogens is 304 g/mol. The first kappa shape index (κ1) is 16.2. The third-order valence-corrected chi connectivity index (χ3v) is 4.42. The number of benzene rings is 1. The number of amides is 1. The fraction of sp³-hybridized carbons (Fsp3) is 0.389. The Kier molecular flexibility index (Phi) is 4.64. The lowest BCUT2D eigenvalue weighted by Gasteiger charge is -2.29. The van der Waals surface area contributed by atoms with Gasteiger partial charge in [0.15, 0.2) is 0 Å². The molecule has 1 N–H and O–H groups in total. The van der Waals surface area contributed by atoms with Crippen LogP contribution in [0.15, 0.2) is 35.3 Å². The minimum absolute atomic E-state index is 0.181. The SMILES string of the molecule is Cc1ccccc1C(=O)Nc1cnn(C)c(=O)c1N1CCCCC1. The van der Waals surface area contributed by atoms with Gasteiger partial charge in [-0.3, -0.25) is 9.59 Å². The number of aromatic nitrogens is 2. The van der Waals surface area contributed by atoms with Crippen LogP contribution >= 0.6 is 0 Å². The quantitative estimate of drug-likeness (QED) is 0.940. The van der Waals surface area contributed by atoms with Crippen LogP contribution in [0, 0.1) is 6.92 Å². The normalized spacial score (nSPS) is 14.5. The fourth-order valence-corrected chi connectivity index (χ4v) is 3.06. The number of hydrogen-bond donors (Lipinski definition) is 1. The number of carbonyl (C=O) groups is 1. The Morgan fingerprint density at radius 1 is 1.17 bits per heavy atom. The average molecular weight is 326 g/mol. The maximum atomic E-state index is 12.6. The smallest absolute Gasteiger partial charge is 0.292 e. The molecule has 24 heavy (non-hydrogen) atoms. The van der Waals surface area contributed by atoms with Gasteiger partial charge in [-0.15, -0.1) is 0 Å². The third kappa shape index (κ3) is 3.18. The lowest BCUT2D eigenvalue weighted by Crippen LogP contribution is -2.37. The summed E-state index contributed by atoms with van der Waals surface area (Å²) in [5, 5.41) is 6.94. The zero-order valence-corrected chi connectivity index (χ0v) is 14.1. The largest absolute Gasteiger partial charge is 0.365 e. The third-order valence-electron chi connectivity index (χ3n) is 4.42. The van der Waals surface area contributed by atoms with Gasteiger partial charge in [0, 0.05) is 25.7 Å². The molecule has 126 valence electrons. The predicted molar refractivity (Wildman–Crippen MR) is 94.7 cm³/mol. The van der Waals surface area contributed by atoms with E-state index in [1.165, 1.54) is 11.1 Å². The van der Waals surface area contributed by atoms with Crippen molar-refractivity contribution < 1.29 is 4.79 Å². The topological polar surface area (TPSA) is 67.2 Å². The number of anilines is 2. The molecule has 0 radical (unpaired) electrons. The Morgan fingerprint density at radius 2 is 1.88 bits per heavy atom. The Bertz CT molecular complexity index is 807. The molecule has 1 saturated heterocycles. The molecule has 6 heteroatoms. The van der Waals surface area contributed by atoms with Gasteiger partial charge in [0.2, 0.25) is 0 Å². The molecule has 0 saturated carbocycles. The van der Waals surface area contributed by atoms with Crippen molar-refractivity contribution in [3.63, 3.8) is 0 Å². The Labute approximate surface area is 141 Å². The molecule has 1 aromatic heterocycles. The van der Waals surface area contributed by atoms with E-state index in [0.717, 1.165) is 31.5 Å². The molecule has 3 rings (SSSR count). The van der Waals surface area contributed by atoms with Crippen molar-refractivity contribution >= 4 is 17.3 Å². The van der Waals surface area contributed by atoms with Crippen molar-refractivity contribution in [1.82, 2.24) is 9.78 Å². The van der Waals surface area contributed by atoms with Crippen molar-refractivity contribution in [2.45, 2.75) is 26.2 Å². The summed E-state index contributed by atoms with van der Waals surface area (Å²) in [5.41, 5.74) is 2.33. The van der Waals surface area contributed by atoms with Gasteiger partial charge in [-0.25, -0.2) is 4.68 Å². The van der Waals surface area contributed by atoms with Gasteiger partial charge in [-0.2, -0.15) is 5.10 Å². The van der Waals surface area contributed by atoms with Gasteiger partial charge < -0.3 is 10.2 Å². The van der Waals surface area contributed by atoms with Crippen LogP contribution in [0.3, 0.4) is 0 Å². The minimum Gasteiger partial charge on any atom is -0.365 e. The van der Waals surface area contributed by atoms with E-state index < -0.39 is 0 Å². The highest BCUT2D eigenvalue weighted by molar-refractivity contribution is 6.06. The molecule has 1 amide bonds. The molecule has 1 aliphatic heterocycles. The van der Waals surface area contributed by atoms with Crippen LogP contribution in [-0.4, -0.2) is 28.8 Å².